The zero-order valence-corrected chi connectivity index (χ0v) is 22.2. The average molecular weight is 502 g/mol. The SMILES string of the molecule is C#Cc1ccc(N2CCCC(N[C@@H]3CCCCC3Nc3cc(N(C)/C(=C\C)C(=O)OC)ccn3)C2)cc1. The first-order valence-corrected chi connectivity index (χ1v) is 13.3. The molecule has 1 aromatic heterocycles. The molecule has 196 valence electrons. The van der Waals surface area contributed by atoms with Gasteiger partial charge in [-0.2, -0.15) is 0 Å². The van der Waals surface area contributed by atoms with Crippen LogP contribution in [-0.2, 0) is 9.53 Å². The Morgan fingerprint density at radius 3 is 2.62 bits per heavy atom. The van der Waals surface area contributed by atoms with Crippen molar-refractivity contribution in [3.63, 3.8) is 0 Å². The standard InChI is InChI=1S/C30H39N5O2/c1-5-22-13-15-24(16-14-22)35-19-9-10-23(21-35)32-26-11-7-8-12-27(26)33-29-20-25(17-18-31-29)34(3)28(6-2)30(36)37-4/h1,6,13-18,20,23,26-27,32H,7-12,19,21H2,2-4H3,(H,31,33)/b28-6-/t23?,26-,27?/m1/s1. The number of aromatic nitrogens is 1. The highest BCUT2D eigenvalue weighted by atomic mass is 16.5. The number of nitrogens with zero attached hydrogens (tertiary/aromatic N) is 3. The van der Waals surface area contributed by atoms with E-state index in [2.05, 4.69) is 38.6 Å². The molecular formula is C30H39N5O2. The van der Waals surface area contributed by atoms with E-state index < -0.39 is 0 Å². The lowest BCUT2D eigenvalue weighted by atomic mass is 9.89. The van der Waals surface area contributed by atoms with Crippen molar-refractivity contribution in [3.8, 4) is 12.3 Å². The predicted molar refractivity (Wildman–Crippen MR) is 151 cm³/mol. The molecule has 1 aromatic carbocycles. The van der Waals surface area contributed by atoms with E-state index in [1.807, 2.05) is 43.1 Å². The summed E-state index contributed by atoms with van der Waals surface area (Å²) in [6.07, 6.45) is 16.1. The van der Waals surface area contributed by atoms with Gasteiger partial charge < -0.3 is 25.2 Å². The van der Waals surface area contributed by atoms with E-state index in [0.29, 0.717) is 23.8 Å². The smallest absolute Gasteiger partial charge is 0.354 e. The monoisotopic (exact) mass is 501 g/mol. The van der Waals surface area contributed by atoms with Crippen LogP contribution in [0.2, 0.25) is 0 Å². The molecule has 1 saturated carbocycles. The number of nitrogens with one attached hydrogen (secondary N) is 2. The Hall–Kier alpha value is -3.50. The summed E-state index contributed by atoms with van der Waals surface area (Å²) >= 11 is 0. The van der Waals surface area contributed by atoms with Crippen molar-refractivity contribution >= 4 is 23.2 Å². The number of piperidine rings is 1. The number of rotatable bonds is 8. The number of allylic oxidation sites excluding steroid dienone is 1. The first-order chi connectivity index (χ1) is 18.0. The van der Waals surface area contributed by atoms with E-state index in [0.717, 1.165) is 43.0 Å². The van der Waals surface area contributed by atoms with E-state index >= 15 is 0 Å². The van der Waals surface area contributed by atoms with Crippen LogP contribution >= 0.6 is 0 Å². The second-order valence-corrected chi connectivity index (χ2v) is 9.91. The minimum absolute atomic E-state index is 0.300. The Balaban J connectivity index is 1.41. The minimum atomic E-state index is -0.360. The van der Waals surface area contributed by atoms with Gasteiger partial charge >= 0.3 is 5.97 Å². The molecule has 2 N–H and O–H groups in total. The van der Waals surface area contributed by atoms with Gasteiger partial charge in [-0.3, -0.25) is 0 Å². The Morgan fingerprint density at radius 2 is 1.92 bits per heavy atom. The number of benzene rings is 1. The lowest BCUT2D eigenvalue weighted by Crippen LogP contribution is -2.55. The highest BCUT2D eigenvalue weighted by Gasteiger charge is 2.29. The molecule has 4 rings (SSSR count). The molecule has 1 aliphatic heterocycles. The third-order valence-electron chi connectivity index (χ3n) is 7.53. The fourth-order valence-electron chi connectivity index (χ4n) is 5.51. The summed E-state index contributed by atoms with van der Waals surface area (Å²) in [5.41, 5.74) is 3.53. The number of likely N-dealkylation sites (N-methyl/N-ethyl adjacent to an activating group) is 1. The highest BCUT2D eigenvalue weighted by molar-refractivity contribution is 5.92. The molecule has 2 heterocycles. The highest BCUT2D eigenvalue weighted by Crippen LogP contribution is 2.27. The van der Waals surface area contributed by atoms with Crippen molar-refractivity contribution in [2.75, 3.05) is 42.4 Å². The van der Waals surface area contributed by atoms with Crippen LogP contribution in [0.1, 0.15) is 51.0 Å². The van der Waals surface area contributed by atoms with Crippen LogP contribution in [0, 0.1) is 12.3 Å². The molecule has 0 radical (unpaired) electrons. The maximum atomic E-state index is 12.2. The summed E-state index contributed by atoms with van der Waals surface area (Å²) in [5.74, 6) is 3.16. The first kappa shape index (κ1) is 26.6. The molecule has 37 heavy (non-hydrogen) atoms. The fourth-order valence-corrected chi connectivity index (χ4v) is 5.51. The van der Waals surface area contributed by atoms with Gasteiger partial charge in [0.05, 0.1) is 7.11 Å². The maximum Gasteiger partial charge on any atom is 0.354 e. The van der Waals surface area contributed by atoms with Crippen LogP contribution in [0.25, 0.3) is 0 Å². The third-order valence-corrected chi connectivity index (χ3v) is 7.53. The number of esters is 1. The number of carbonyl (C=O) groups excluding carboxylic acids is 1. The van der Waals surface area contributed by atoms with Crippen LogP contribution in [-0.4, -0.2) is 56.3 Å². The largest absolute Gasteiger partial charge is 0.464 e. The summed E-state index contributed by atoms with van der Waals surface area (Å²) in [4.78, 5) is 21.0. The van der Waals surface area contributed by atoms with E-state index in [9.17, 15) is 4.79 Å². The Bertz CT molecular complexity index is 1120. The van der Waals surface area contributed by atoms with Gasteiger partial charge in [0.25, 0.3) is 0 Å². The summed E-state index contributed by atoms with van der Waals surface area (Å²) < 4.78 is 4.93. The molecule has 3 atom stereocenters. The second-order valence-electron chi connectivity index (χ2n) is 9.91. The molecule has 2 aromatic rings. The van der Waals surface area contributed by atoms with Crippen molar-refractivity contribution in [2.45, 2.75) is 63.6 Å². The molecule has 7 heteroatoms. The number of anilines is 3. The molecule has 0 amide bonds. The maximum absolute atomic E-state index is 12.2. The van der Waals surface area contributed by atoms with E-state index in [1.54, 1.807) is 12.3 Å². The average Bonchev–Trinajstić information content (AvgIpc) is 2.94. The molecule has 7 nitrogen and oxygen atoms in total. The van der Waals surface area contributed by atoms with Crippen LogP contribution < -0.4 is 20.4 Å². The predicted octanol–water partition coefficient (Wildman–Crippen LogP) is 4.56. The Kier molecular flexibility index (Phi) is 9.08. The van der Waals surface area contributed by atoms with Gasteiger partial charge in [0.1, 0.15) is 11.5 Å². The molecule has 2 fully saturated rings. The molecule has 0 spiro atoms. The van der Waals surface area contributed by atoms with Crippen LogP contribution in [0.3, 0.4) is 0 Å². The van der Waals surface area contributed by atoms with Crippen molar-refractivity contribution in [1.82, 2.24) is 10.3 Å². The summed E-state index contributed by atoms with van der Waals surface area (Å²) in [7, 11) is 3.27. The summed E-state index contributed by atoms with van der Waals surface area (Å²) in [6.45, 7) is 3.90. The molecular weight excluding hydrogens is 462 g/mol. The number of pyridine rings is 1. The summed E-state index contributed by atoms with van der Waals surface area (Å²) in [5, 5.41) is 7.70. The third kappa shape index (κ3) is 6.64. The molecule has 2 unspecified atom stereocenters. The van der Waals surface area contributed by atoms with E-state index in [4.69, 9.17) is 11.2 Å². The molecule has 1 aliphatic carbocycles. The number of carbonyl (C=O) groups is 1. The van der Waals surface area contributed by atoms with Crippen LogP contribution in [0.4, 0.5) is 17.2 Å². The van der Waals surface area contributed by atoms with Gasteiger partial charge in [-0.1, -0.05) is 24.8 Å². The van der Waals surface area contributed by atoms with Gasteiger partial charge in [0, 0.05) is 67.5 Å². The van der Waals surface area contributed by atoms with E-state index in [-0.39, 0.29) is 5.97 Å². The van der Waals surface area contributed by atoms with Crippen LogP contribution in [0.15, 0.2) is 54.4 Å². The number of methoxy groups -OCH3 is 1. The molecule has 2 aliphatic rings. The van der Waals surface area contributed by atoms with Crippen molar-refractivity contribution in [1.29, 1.82) is 0 Å². The second kappa shape index (κ2) is 12.6. The topological polar surface area (TPSA) is 69.7 Å². The van der Waals surface area contributed by atoms with Crippen molar-refractivity contribution in [2.24, 2.45) is 0 Å². The number of ether oxygens (including phenoxy) is 1. The minimum Gasteiger partial charge on any atom is -0.464 e. The number of hydrogen-bond acceptors (Lipinski definition) is 7. The quantitative estimate of drug-likeness (QED) is 0.312. The summed E-state index contributed by atoms with van der Waals surface area (Å²) in [6, 6.07) is 13.3. The molecule has 1 saturated heterocycles. The van der Waals surface area contributed by atoms with E-state index in [1.165, 1.54) is 38.5 Å². The van der Waals surface area contributed by atoms with Crippen LogP contribution in [0.5, 0.6) is 0 Å². The zero-order chi connectivity index (χ0) is 26.2. The van der Waals surface area contributed by atoms with Gasteiger partial charge in [-0.25, -0.2) is 9.78 Å². The number of hydrogen-bond donors (Lipinski definition) is 2. The van der Waals surface area contributed by atoms with Crippen molar-refractivity contribution < 1.29 is 9.53 Å². The first-order valence-electron chi connectivity index (χ1n) is 13.3. The van der Waals surface area contributed by atoms with Crippen molar-refractivity contribution in [3.05, 3.63) is 59.9 Å². The number of terminal acetylenes is 1. The lowest BCUT2D eigenvalue weighted by Gasteiger charge is -2.40. The Morgan fingerprint density at radius 1 is 1.16 bits per heavy atom. The molecule has 0 bridgehead atoms. The normalized spacial score (nSPS) is 22.2. The van der Waals surface area contributed by atoms with Gasteiger partial charge in [0.15, 0.2) is 0 Å². The lowest BCUT2D eigenvalue weighted by molar-refractivity contribution is -0.136. The fraction of sp³-hybridized carbons (Fsp3) is 0.467. The zero-order valence-electron chi connectivity index (χ0n) is 22.2. The van der Waals surface area contributed by atoms with Gasteiger partial charge in [-0.05, 0) is 62.9 Å². The Labute approximate surface area is 221 Å². The van der Waals surface area contributed by atoms with Gasteiger partial charge in [0.2, 0.25) is 0 Å². The van der Waals surface area contributed by atoms with Gasteiger partial charge in [-0.15, -0.1) is 6.42 Å².